The molecule has 1 fully saturated rings. The van der Waals surface area contributed by atoms with Gasteiger partial charge in [-0.2, -0.15) is 0 Å². The van der Waals surface area contributed by atoms with Crippen molar-refractivity contribution in [3.63, 3.8) is 0 Å². The monoisotopic (exact) mass is 398 g/mol. The predicted octanol–water partition coefficient (Wildman–Crippen LogP) is 4.45. The normalized spacial score (nSPS) is 19.1. The second-order valence-electron chi connectivity index (χ2n) is 8.15. The number of nitrogens with one attached hydrogen (secondary N) is 1. The summed E-state index contributed by atoms with van der Waals surface area (Å²) in [4.78, 5) is 14.0. The Hall–Kier alpha value is -3.25. The lowest BCUT2D eigenvalue weighted by Gasteiger charge is -2.27. The summed E-state index contributed by atoms with van der Waals surface area (Å²) in [7, 11) is 0. The number of aromatic nitrogens is 4. The van der Waals surface area contributed by atoms with Crippen LogP contribution in [-0.4, -0.2) is 31.4 Å². The molecule has 0 radical (unpaired) electrons. The molecular weight excluding hydrogens is 372 g/mol. The molecule has 3 heterocycles. The maximum Gasteiger partial charge on any atom is 0.223 e. The van der Waals surface area contributed by atoms with Gasteiger partial charge in [0.2, 0.25) is 5.95 Å². The number of benzene rings is 1. The van der Waals surface area contributed by atoms with Gasteiger partial charge in [-0.3, -0.25) is 4.40 Å². The summed E-state index contributed by atoms with van der Waals surface area (Å²) in [5.41, 5.74) is 12.2. The van der Waals surface area contributed by atoms with Crippen molar-refractivity contribution in [2.24, 2.45) is 5.73 Å². The Balaban J connectivity index is 1.51. The molecule has 1 saturated carbocycles. The van der Waals surface area contributed by atoms with Crippen LogP contribution in [0.5, 0.6) is 0 Å². The number of pyridine rings is 1. The highest BCUT2D eigenvalue weighted by Crippen LogP contribution is 2.27. The summed E-state index contributed by atoms with van der Waals surface area (Å²) in [5, 5.41) is 3.49. The Morgan fingerprint density at radius 3 is 2.70 bits per heavy atom. The second kappa shape index (κ2) is 7.88. The SMILES string of the molecule is Cc1cnc(NC2CCCC(N)C2)nc1-c1cnc2ccc(-c3ccccc3)cn12. The molecule has 2 atom stereocenters. The first-order valence-corrected chi connectivity index (χ1v) is 10.6. The van der Waals surface area contributed by atoms with Crippen LogP contribution in [0.3, 0.4) is 0 Å². The highest BCUT2D eigenvalue weighted by molar-refractivity contribution is 5.69. The molecule has 3 N–H and O–H groups in total. The van der Waals surface area contributed by atoms with Gasteiger partial charge in [0, 0.05) is 24.5 Å². The number of nitrogens with zero attached hydrogens (tertiary/aromatic N) is 4. The largest absolute Gasteiger partial charge is 0.351 e. The number of nitrogens with two attached hydrogens (primary N) is 1. The minimum Gasteiger partial charge on any atom is -0.351 e. The third kappa shape index (κ3) is 3.66. The summed E-state index contributed by atoms with van der Waals surface area (Å²) in [6.07, 6.45) is 10.2. The van der Waals surface area contributed by atoms with Crippen LogP contribution in [-0.2, 0) is 0 Å². The molecule has 4 aromatic rings. The summed E-state index contributed by atoms with van der Waals surface area (Å²) in [5.74, 6) is 0.656. The van der Waals surface area contributed by atoms with Gasteiger partial charge < -0.3 is 11.1 Å². The van der Waals surface area contributed by atoms with Crippen molar-refractivity contribution in [3.8, 4) is 22.5 Å². The van der Waals surface area contributed by atoms with Crippen molar-refractivity contribution < 1.29 is 0 Å². The maximum atomic E-state index is 6.14. The molecule has 1 aromatic carbocycles. The first kappa shape index (κ1) is 18.8. The van der Waals surface area contributed by atoms with Crippen molar-refractivity contribution in [1.29, 1.82) is 0 Å². The molecular formula is C24H26N6. The molecule has 6 nitrogen and oxygen atoms in total. The summed E-state index contributed by atoms with van der Waals surface area (Å²) >= 11 is 0. The van der Waals surface area contributed by atoms with E-state index >= 15 is 0 Å². The molecule has 0 amide bonds. The fourth-order valence-electron chi connectivity index (χ4n) is 4.27. The lowest BCUT2D eigenvalue weighted by molar-refractivity contribution is 0.408. The fourth-order valence-corrected chi connectivity index (χ4v) is 4.27. The maximum absolute atomic E-state index is 6.14. The van der Waals surface area contributed by atoms with E-state index < -0.39 is 0 Å². The van der Waals surface area contributed by atoms with Gasteiger partial charge in [0.05, 0.1) is 17.6 Å². The number of hydrogen-bond acceptors (Lipinski definition) is 5. The van der Waals surface area contributed by atoms with Crippen molar-refractivity contribution in [1.82, 2.24) is 19.4 Å². The quantitative estimate of drug-likeness (QED) is 0.531. The van der Waals surface area contributed by atoms with Gasteiger partial charge in [0.15, 0.2) is 0 Å². The summed E-state index contributed by atoms with van der Waals surface area (Å²) in [6.45, 7) is 2.04. The Kier molecular flexibility index (Phi) is 4.93. The number of rotatable bonds is 4. The van der Waals surface area contributed by atoms with Crippen LogP contribution < -0.4 is 11.1 Å². The summed E-state index contributed by atoms with van der Waals surface area (Å²) < 4.78 is 2.11. The smallest absolute Gasteiger partial charge is 0.223 e. The number of imidazole rings is 1. The van der Waals surface area contributed by atoms with Crippen molar-refractivity contribution in [2.45, 2.75) is 44.7 Å². The third-order valence-electron chi connectivity index (χ3n) is 5.88. The van der Waals surface area contributed by atoms with Crippen LogP contribution in [0.1, 0.15) is 31.2 Å². The van der Waals surface area contributed by atoms with E-state index in [1.54, 1.807) is 0 Å². The molecule has 152 valence electrons. The van der Waals surface area contributed by atoms with Crippen LogP contribution in [0.4, 0.5) is 5.95 Å². The van der Waals surface area contributed by atoms with E-state index in [1.807, 2.05) is 31.5 Å². The van der Waals surface area contributed by atoms with E-state index in [2.05, 4.69) is 56.2 Å². The van der Waals surface area contributed by atoms with Crippen LogP contribution in [0.2, 0.25) is 0 Å². The topological polar surface area (TPSA) is 81.1 Å². The average molecular weight is 399 g/mol. The zero-order valence-corrected chi connectivity index (χ0v) is 17.1. The first-order chi connectivity index (χ1) is 14.7. The predicted molar refractivity (Wildman–Crippen MR) is 120 cm³/mol. The zero-order chi connectivity index (χ0) is 20.5. The molecule has 0 saturated heterocycles. The minimum atomic E-state index is 0.261. The molecule has 2 unspecified atom stereocenters. The average Bonchev–Trinajstić information content (AvgIpc) is 3.19. The Morgan fingerprint density at radius 1 is 1.00 bits per heavy atom. The van der Waals surface area contributed by atoms with Crippen LogP contribution >= 0.6 is 0 Å². The molecule has 1 aliphatic rings. The second-order valence-corrected chi connectivity index (χ2v) is 8.15. The minimum absolute atomic E-state index is 0.261. The molecule has 0 spiro atoms. The zero-order valence-electron chi connectivity index (χ0n) is 17.1. The van der Waals surface area contributed by atoms with E-state index in [9.17, 15) is 0 Å². The highest BCUT2D eigenvalue weighted by atomic mass is 15.1. The van der Waals surface area contributed by atoms with Gasteiger partial charge in [-0.25, -0.2) is 15.0 Å². The van der Waals surface area contributed by atoms with Crippen LogP contribution in [0, 0.1) is 6.92 Å². The molecule has 5 rings (SSSR count). The van der Waals surface area contributed by atoms with Crippen molar-refractivity contribution in [2.75, 3.05) is 5.32 Å². The van der Waals surface area contributed by atoms with Crippen LogP contribution in [0.15, 0.2) is 61.1 Å². The van der Waals surface area contributed by atoms with Gasteiger partial charge >= 0.3 is 0 Å². The van der Waals surface area contributed by atoms with Gasteiger partial charge in [-0.15, -0.1) is 0 Å². The van der Waals surface area contributed by atoms with Gasteiger partial charge in [0.25, 0.3) is 0 Å². The van der Waals surface area contributed by atoms with E-state index in [-0.39, 0.29) is 6.04 Å². The lowest BCUT2D eigenvalue weighted by Crippen LogP contribution is -2.35. The Labute approximate surface area is 176 Å². The third-order valence-corrected chi connectivity index (χ3v) is 5.88. The number of anilines is 1. The van der Waals surface area contributed by atoms with Crippen molar-refractivity contribution in [3.05, 3.63) is 66.6 Å². The fraction of sp³-hybridized carbons (Fsp3) is 0.292. The van der Waals surface area contributed by atoms with E-state index in [4.69, 9.17) is 10.7 Å². The molecule has 0 aliphatic heterocycles. The lowest BCUT2D eigenvalue weighted by atomic mass is 9.92. The first-order valence-electron chi connectivity index (χ1n) is 10.6. The van der Waals surface area contributed by atoms with Gasteiger partial charge in [0.1, 0.15) is 5.65 Å². The molecule has 0 bridgehead atoms. The molecule has 6 heteroatoms. The van der Waals surface area contributed by atoms with Crippen LogP contribution in [0.25, 0.3) is 28.2 Å². The number of aryl methyl sites for hydroxylation is 1. The van der Waals surface area contributed by atoms with E-state index in [1.165, 1.54) is 5.56 Å². The standard InChI is InChI=1S/C24H26N6/c1-16-13-27-24(28-20-9-5-8-19(25)12-20)29-23(16)21-14-26-22-11-10-18(15-30(21)22)17-6-3-2-4-7-17/h2-4,6-7,10-11,13-15,19-20H,5,8-9,12,25H2,1H3,(H,27,28,29). The number of fused-ring (bicyclic) bond motifs is 1. The number of hydrogen-bond donors (Lipinski definition) is 2. The molecule has 30 heavy (non-hydrogen) atoms. The van der Waals surface area contributed by atoms with E-state index in [0.717, 1.165) is 53.8 Å². The van der Waals surface area contributed by atoms with Gasteiger partial charge in [-0.1, -0.05) is 30.3 Å². The summed E-state index contributed by atoms with van der Waals surface area (Å²) in [6, 6.07) is 15.1. The van der Waals surface area contributed by atoms with Crippen molar-refractivity contribution >= 4 is 11.6 Å². The highest BCUT2D eigenvalue weighted by Gasteiger charge is 2.20. The van der Waals surface area contributed by atoms with Gasteiger partial charge in [-0.05, 0) is 61.4 Å². The Bertz CT molecular complexity index is 1170. The molecule has 1 aliphatic carbocycles. The Morgan fingerprint density at radius 2 is 1.87 bits per heavy atom. The molecule has 3 aromatic heterocycles. The van der Waals surface area contributed by atoms with E-state index in [0.29, 0.717) is 12.0 Å².